The van der Waals surface area contributed by atoms with Gasteiger partial charge in [-0.05, 0) is 31.3 Å². The SMILES string of the molecule is COC(=O)CN1CC(NC(=O)c2cc3cc(Cl)ccc3[nH]2)C(NC(=O)c2nc3c(s2)CN(C)CC3)C1. The van der Waals surface area contributed by atoms with Gasteiger partial charge in [-0.2, -0.15) is 0 Å². The van der Waals surface area contributed by atoms with E-state index < -0.39 is 12.1 Å². The molecule has 10 nitrogen and oxygen atoms in total. The van der Waals surface area contributed by atoms with E-state index >= 15 is 0 Å². The van der Waals surface area contributed by atoms with Crippen molar-refractivity contribution >= 4 is 51.6 Å². The summed E-state index contributed by atoms with van der Waals surface area (Å²) in [5.74, 6) is -0.961. The zero-order valence-corrected chi connectivity index (χ0v) is 21.5. The maximum absolute atomic E-state index is 13.1. The maximum Gasteiger partial charge on any atom is 0.319 e. The van der Waals surface area contributed by atoms with Gasteiger partial charge in [-0.15, -0.1) is 11.3 Å². The number of nitrogens with one attached hydrogen (secondary N) is 3. The van der Waals surface area contributed by atoms with Crippen LogP contribution < -0.4 is 10.6 Å². The number of likely N-dealkylation sites (N-methyl/N-ethyl adjacent to an activating group) is 1. The molecule has 12 heteroatoms. The number of carbonyl (C=O) groups is 3. The lowest BCUT2D eigenvalue weighted by Gasteiger charge is -2.20. The number of ether oxygens (including phenoxy) is 1. The minimum absolute atomic E-state index is 0.0675. The molecule has 0 saturated carbocycles. The Balaban J connectivity index is 1.31. The molecule has 2 atom stereocenters. The highest BCUT2D eigenvalue weighted by atomic mass is 35.5. The van der Waals surface area contributed by atoms with E-state index in [2.05, 4.69) is 25.5 Å². The van der Waals surface area contributed by atoms with Crippen molar-refractivity contribution < 1.29 is 19.1 Å². The number of benzene rings is 1. The number of H-pyrrole nitrogens is 1. The highest BCUT2D eigenvalue weighted by Crippen LogP contribution is 2.25. The monoisotopic (exact) mass is 530 g/mol. The number of aromatic amines is 1. The Kier molecular flexibility index (Phi) is 6.98. The van der Waals surface area contributed by atoms with Crippen molar-refractivity contribution in [3.8, 4) is 0 Å². The number of methoxy groups -OCH3 is 1. The van der Waals surface area contributed by atoms with Gasteiger partial charge in [0.05, 0.1) is 31.4 Å². The van der Waals surface area contributed by atoms with Crippen LogP contribution in [0, 0.1) is 0 Å². The molecule has 3 aromatic rings. The summed E-state index contributed by atoms with van der Waals surface area (Å²) in [4.78, 5) is 50.9. The van der Waals surface area contributed by atoms with Gasteiger partial charge in [0.25, 0.3) is 11.8 Å². The van der Waals surface area contributed by atoms with Gasteiger partial charge >= 0.3 is 5.97 Å². The number of aromatic nitrogens is 2. The highest BCUT2D eigenvalue weighted by Gasteiger charge is 2.37. The summed E-state index contributed by atoms with van der Waals surface area (Å²) in [6.07, 6.45) is 0.820. The van der Waals surface area contributed by atoms with E-state index in [0.717, 1.165) is 41.0 Å². The number of carbonyl (C=O) groups excluding carboxylic acids is 3. The van der Waals surface area contributed by atoms with E-state index in [-0.39, 0.29) is 24.3 Å². The first-order valence-corrected chi connectivity index (χ1v) is 12.8. The predicted octanol–water partition coefficient (Wildman–Crippen LogP) is 1.65. The summed E-state index contributed by atoms with van der Waals surface area (Å²) in [6, 6.07) is 6.27. The van der Waals surface area contributed by atoms with Crippen molar-refractivity contribution in [2.45, 2.75) is 25.0 Å². The molecule has 2 unspecified atom stereocenters. The first-order chi connectivity index (χ1) is 17.3. The highest BCUT2D eigenvalue weighted by molar-refractivity contribution is 7.13. The second-order valence-electron chi connectivity index (χ2n) is 9.22. The van der Waals surface area contributed by atoms with Crippen LogP contribution >= 0.6 is 22.9 Å². The molecule has 4 heterocycles. The van der Waals surface area contributed by atoms with E-state index in [0.29, 0.717) is 28.8 Å². The van der Waals surface area contributed by atoms with E-state index in [4.69, 9.17) is 16.3 Å². The van der Waals surface area contributed by atoms with Crippen LogP contribution in [-0.2, 0) is 22.5 Å². The first-order valence-electron chi connectivity index (χ1n) is 11.7. The number of fused-ring (bicyclic) bond motifs is 2. The molecular weight excluding hydrogens is 504 g/mol. The summed E-state index contributed by atoms with van der Waals surface area (Å²) in [7, 11) is 3.38. The Hall–Kier alpha value is -2.99. The van der Waals surface area contributed by atoms with Gasteiger partial charge in [-0.1, -0.05) is 11.6 Å². The zero-order chi connectivity index (χ0) is 25.4. The van der Waals surface area contributed by atoms with Crippen LogP contribution in [0.2, 0.25) is 5.02 Å². The Bertz CT molecular complexity index is 1320. The molecule has 2 aromatic heterocycles. The summed E-state index contributed by atoms with van der Waals surface area (Å²) >= 11 is 7.47. The Morgan fingerprint density at radius 1 is 1.19 bits per heavy atom. The summed E-state index contributed by atoms with van der Waals surface area (Å²) in [6.45, 7) is 2.54. The van der Waals surface area contributed by atoms with Crippen molar-refractivity contribution in [3.63, 3.8) is 0 Å². The van der Waals surface area contributed by atoms with Crippen molar-refractivity contribution in [2.24, 2.45) is 0 Å². The smallest absolute Gasteiger partial charge is 0.319 e. The van der Waals surface area contributed by atoms with Crippen LogP contribution in [0.5, 0.6) is 0 Å². The molecule has 36 heavy (non-hydrogen) atoms. The average molecular weight is 531 g/mol. The molecule has 1 fully saturated rings. The number of nitrogens with zero attached hydrogens (tertiary/aromatic N) is 3. The van der Waals surface area contributed by atoms with Crippen LogP contribution in [-0.4, -0.2) is 90.0 Å². The third-order valence-electron chi connectivity index (χ3n) is 6.55. The van der Waals surface area contributed by atoms with Gasteiger partial charge in [0.2, 0.25) is 0 Å². The standard InChI is InChI=1S/C24H27ClN6O4S/c1-30-6-5-16-20(11-30)36-24(29-16)23(34)28-19-10-31(12-21(32)35-2)9-18(19)27-22(33)17-8-13-7-14(25)3-4-15(13)26-17/h3-4,7-8,18-19,26H,5-6,9-12H2,1-2H3,(H,27,33)(H,28,34). The van der Waals surface area contributed by atoms with Gasteiger partial charge in [-0.3, -0.25) is 19.3 Å². The van der Waals surface area contributed by atoms with E-state index in [9.17, 15) is 14.4 Å². The Labute approximate surface area is 216 Å². The van der Waals surface area contributed by atoms with Gasteiger partial charge in [0.1, 0.15) is 5.69 Å². The van der Waals surface area contributed by atoms with Crippen LogP contribution in [0.25, 0.3) is 10.9 Å². The molecule has 2 amide bonds. The molecule has 0 bridgehead atoms. The van der Waals surface area contributed by atoms with Crippen molar-refractivity contribution in [3.05, 3.63) is 50.6 Å². The quantitative estimate of drug-likeness (QED) is 0.414. The molecule has 1 aromatic carbocycles. The topological polar surface area (TPSA) is 120 Å². The average Bonchev–Trinajstić information content (AvgIpc) is 3.55. The lowest BCUT2D eigenvalue weighted by Crippen LogP contribution is -2.51. The number of rotatable bonds is 6. The molecule has 0 radical (unpaired) electrons. The first kappa shape index (κ1) is 24.7. The lowest BCUT2D eigenvalue weighted by atomic mass is 10.1. The van der Waals surface area contributed by atoms with Crippen LogP contribution in [0.1, 0.15) is 30.9 Å². The van der Waals surface area contributed by atoms with Gasteiger partial charge < -0.3 is 25.3 Å². The van der Waals surface area contributed by atoms with Crippen molar-refractivity contribution in [1.29, 1.82) is 0 Å². The minimum atomic E-state index is -0.415. The lowest BCUT2D eigenvalue weighted by molar-refractivity contribution is -0.141. The van der Waals surface area contributed by atoms with Crippen LogP contribution in [0.3, 0.4) is 0 Å². The van der Waals surface area contributed by atoms with E-state index in [1.165, 1.54) is 18.4 Å². The zero-order valence-electron chi connectivity index (χ0n) is 20.0. The number of thiazole rings is 1. The summed E-state index contributed by atoms with van der Waals surface area (Å²) in [5, 5.41) is 7.88. The third kappa shape index (κ3) is 5.24. The second-order valence-corrected chi connectivity index (χ2v) is 10.7. The normalized spacial score (nSPS) is 20.3. The maximum atomic E-state index is 13.1. The molecule has 2 aliphatic rings. The molecule has 5 rings (SSSR count). The van der Waals surface area contributed by atoms with Crippen molar-refractivity contribution in [1.82, 2.24) is 30.4 Å². The molecule has 1 saturated heterocycles. The fourth-order valence-corrected chi connectivity index (χ4v) is 5.95. The number of halogens is 1. The predicted molar refractivity (Wildman–Crippen MR) is 136 cm³/mol. The van der Waals surface area contributed by atoms with Gasteiger partial charge in [0, 0.05) is 53.4 Å². The molecule has 2 aliphatic heterocycles. The number of esters is 1. The summed E-state index contributed by atoms with van der Waals surface area (Å²) in [5.41, 5.74) is 2.16. The molecule has 3 N–H and O–H groups in total. The van der Waals surface area contributed by atoms with Gasteiger partial charge in [0.15, 0.2) is 5.01 Å². The number of hydrogen-bond donors (Lipinski definition) is 3. The molecule has 0 aliphatic carbocycles. The Morgan fingerprint density at radius 3 is 2.69 bits per heavy atom. The van der Waals surface area contributed by atoms with E-state index in [1.54, 1.807) is 18.2 Å². The number of hydrogen-bond acceptors (Lipinski definition) is 8. The van der Waals surface area contributed by atoms with Crippen LogP contribution in [0.15, 0.2) is 24.3 Å². The molecule has 190 valence electrons. The Morgan fingerprint density at radius 2 is 1.94 bits per heavy atom. The van der Waals surface area contributed by atoms with Crippen molar-refractivity contribution in [2.75, 3.05) is 40.3 Å². The largest absolute Gasteiger partial charge is 0.468 e. The second kappa shape index (κ2) is 10.2. The summed E-state index contributed by atoms with van der Waals surface area (Å²) < 4.78 is 4.80. The number of likely N-dealkylation sites (tertiary alicyclic amines) is 1. The number of amides is 2. The molecule has 0 spiro atoms. The van der Waals surface area contributed by atoms with E-state index in [1.807, 2.05) is 18.0 Å². The minimum Gasteiger partial charge on any atom is -0.468 e. The van der Waals surface area contributed by atoms with Gasteiger partial charge in [-0.25, -0.2) is 4.98 Å². The fourth-order valence-electron chi connectivity index (χ4n) is 4.68. The molecular formula is C24H27ClN6O4S. The van der Waals surface area contributed by atoms with Crippen LogP contribution in [0.4, 0.5) is 0 Å². The fraction of sp³-hybridized carbons (Fsp3) is 0.417. The third-order valence-corrected chi connectivity index (χ3v) is 7.87.